The summed E-state index contributed by atoms with van der Waals surface area (Å²) in [4.78, 5) is 23.5. The molecule has 0 aliphatic carbocycles. The lowest BCUT2D eigenvalue weighted by Gasteiger charge is -2.17. The zero-order valence-electron chi connectivity index (χ0n) is 12.4. The van der Waals surface area contributed by atoms with Crippen molar-refractivity contribution in [3.8, 4) is 11.5 Å². The number of aromatic nitrogens is 2. The highest BCUT2D eigenvalue weighted by molar-refractivity contribution is 5.81. The topological polar surface area (TPSA) is 77.1 Å². The summed E-state index contributed by atoms with van der Waals surface area (Å²) >= 11 is 0. The lowest BCUT2D eigenvalue weighted by Crippen LogP contribution is -2.38. The van der Waals surface area contributed by atoms with Crippen LogP contribution in [0.3, 0.4) is 0 Å². The van der Waals surface area contributed by atoms with Crippen molar-refractivity contribution in [2.75, 3.05) is 6.54 Å². The molecule has 0 aliphatic rings. The molecule has 0 spiro atoms. The number of hydrogen-bond acceptors (Lipinski definition) is 4. The Bertz CT molecular complexity index is 666. The molecule has 2 aromatic heterocycles. The molecule has 2 heterocycles. The van der Waals surface area contributed by atoms with Crippen LogP contribution < -0.4 is 10.9 Å². The first-order valence-corrected chi connectivity index (χ1v) is 6.78. The Morgan fingerprint density at radius 1 is 1.33 bits per heavy atom. The maximum Gasteiger partial charge on any atom is 0.266 e. The van der Waals surface area contributed by atoms with Crippen molar-refractivity contribution in [1.82, 2.24) is 15.1 Å². The highest BCUT2D eigenvalue weighted by atomic mass is 16.3. The molecular formula is C15H19N3O3. The molecule has 0 radical (unpaired) electrons. The number of carbonyl (C=O) groups excluding carboxylic acids is 1. The monoisotopic (exact) mass is 289 g/mol. The van der Waals surface area contributed by atoms with Gasteiger partial charge in [-0.25, -0.2) is 4.68 Å². The molecule has 0 saturated heterocycles. The van der Waals surface area contributed by atoms with E-state index in [-0.39, 0.29) is 11.5 Å². The van der Waals surface area contributed by atoms with Gasteiger partial charge in [0.15, 0.2) is 5.76 Å². The molecule has 1 N–H and O–H groups in total. The molecule has 0 aromatic carbocycles. The number of nitrogens with zero attached hydrogens (tertiary/aromatic N) is 2. The van der Waals surface area contributed by atoms with E-state index in [0.29, 0.717) is 24.5 Å². The molecule has 0 atom stereocenters. The Morgan fingerprint density at radius 2 is 2.10 bits per heavy atom. The Hall–Kier alpha value is -2.37. The van der Waals surface area contributed by atoms with Crippen molar-refractivity contribution < 1.29 is 9.21 Å². The smallest absolute Gasteiger partial charge is 0.266 e. The van der Waals surface area contributed by atoms with Crippen LogP contribution in [0, 0.1) is 5.41 Å². The van der Waals surface area contributed by atoms with Crippen molar-refractivity contribution in [3.63, 3.8) is 0 Å². The van der Waals surface area contributed by atoms with Gasteiger partial charge in [-0.1, -0.05) is 20.8 Å². The predicted molar refractivity (Wildman–Crippen MR) is 78.7 cm³/mol. The summed E-state index contributed by atoms with van der Waals surface area (Å²) in [5, 5.41) is 7.02. The Morgan fingerprint density at radius 3 is 2.71 bits per heavy atom. The molecule has 0 bridgehead atoms. The molecule has 6 heteroatoms. The van der Waals surface area contributed by atoms with Gasteiger partial charge in [0.1, 0.15) is 5.69 Å². The van der Waals surface area contributed by atoms with Gasteiger partial charge < -0.3 is 9.73 Å². The zero-order chi connectivity index (χ0) is 15.5. The maximum absolute atomic E-state index is 11.8. The van der Waals surface area contributed by atoms with E-state index in [9.17, 15) is 9.59 Å². The molecule has 6 nitrogen and oxygen atoms in total. The second-order valence-corrected chi connectivity index (χ2v) is 5.76. The van der Waals surface area contributed by atoms with Gasteiger partial charge in [-0.05, 0) is 18.2 Å². The highest BCUT2D eigenvalue weighted by Crippen LogP contribution is 2.15. The SMILES string of the molecule is CC(C)(C)C(=O)NCCn1nc(-c2ccco2)ccc1=O. The van der Waals surface area contributed by atoms with E-state index in [4.69, 9.17) is 4.42 Å². The standard InChI is InChI=1S/C15H19N3O3/c1-15(2,3)14(20)16-8-9-18-13(19)7-6-11(17-18)12-5-4-10-21-12/h4-7,10H,8-9H2,1-3H3,(H,16,20). The van der Waals surface area contributed by atoms with Crippen molar-refractivity contribution in [1.29, 1.82) is 0 Å². The van der Waals surface area contributed by atoms with Crippen LogP contribution in [-0.4, -0.2) is 22.2 Å². The van der Waals surface area contributed by atoms with Crippen LogP contribution in [0.25, 0.3) is 11.5 Å². The van der Waals surface area contributed by atoms with Crippen LogP contribution in [0.1, 0.15) is 20.8 Å². The van der Waals surface area contributed by atoms with Crippen LogP contribution in [0.15, 0.2) is 39.7 Å². The van der Waals surface area contributed by atoms with Gasteiger partial charge in [-0.3, -0.25) is 9.59 Å². The highest BCUT2D eigenvalue weighted by Gasteiger charge is 2.20. The van der Waals surface area contributed by atoms with Crippen LogP contribution >= 0.6 is 0 Å². The number of hydrogen-bond donors (Lipinski definition) is 1. The molecule has 0 fully saturated rings. The van der Waals surface area contributed by atoms with E-state index < -0.39 is 5.41 Å². The minimum absolute atomic E-state index is 0.0576. The van der Waals surface area contributed by atoms with Crippen LogP contribution in [-0.2, 0) is 11.3 Å². The van der Waals surface area contributed by atoms with E-state index in [1.165, 1.54) is 10.7 Å². The summed E-state index contributed by atoms with van der Waals surface area (Å²) in [6, 6.07) is 6.59. The number of nitrogens with one attached hydrogen (secondary N) is 1. The summed E-state index contributed by atoms with van der Waals surface area (Å²) < 4.78 is 6.57. The summed E-state index contributed by atoms with van der Waals surface area (Å²) in [6.45, 7) is 6.18. The van der Waals surface area contributed by atoms with E-state index in [0.717, 1.165) is 0 Å². The maximum atomic E-state index is 11.8. The first-order chi connectivity index (χ1) is 9.88. The van der Waals surface area contributed by atoms with Crippen molar-refractivity contribution in [2.45, 2.75) is 27.3 Å². The number of furan rings is 1. The van der Waals surface area contributed by atoms with Gasteiger partial charge in [0.25, 0.3) is 5.56 Å². The van der Waals surface area contributed by atoms with E-state index in [2.05, 4.69) is 10.4 Å². The van der Waals surface area contributed by atoms with Crippen molar-refractivity contribution in [3.05, 3.63) is 40.9 Å². The number of carbonyl (C=O) groups is 1. The third kappa shape index (κ3) is 3.81. The van der Waals surface area contributed by atoms with Crippen LogP contribution in [0.2, 0.25) is 0 Å². The van der Waals surface area contributed by atoms with Gasteiger partial charge in [-0.2, -0.15) is 5.10 Å². The summed E-state index contributed by atoms with van der Waals surface area (Å²) in [5.41, 5.74) is -0.0777. The first kappa shape index (κ1) is 15.0. The van der Waals surface area contributed by atoms with Crippen molar-refractivity contribution in [2.24, 2.45) is 5.41 Å². The zero-order valence-corrected chi connectivity index (χ0v) is 12.4. The van der Waals surface area contributed by atoms with Gasteiger partial charge in [0, 0.05) is 18.0 Å². The van der Waals surface area contributed by atoms with Crippen molar-refractivity contribution >= 4 is 5.91 Å². The fourth-order valence-corrected chi connectivity index (χ4v) is 1.71. The average molecular weight is 289 g/mol. The molecule has 2 rings (SSSR count). The fraction of sp³-hybridized carbons (Fsp3) is 0.400. The van der Waals surface area contributed by atoms with Crippen LogP contribution in [0.4, 0.5) is 0 Å². The second-order valence-electron chi connectivity index (χ2n) is 5.76. The lowest BCUT2D eigenvalue weighted by atomic mass is 9.96. The van der Waals surface area contributed by atoms with Crippen LogP contribution in [0.5, 0.6) is 0 Å². The Balaban J connectivity index is 2.05. The van der Waals surface area contributed by atoms with E-state index in [1.54, 1.807) is 24.5 Å². The van der Waals surface area contributed by atoms with E-state index >= 15 is 0 Å². The predicted octanol–water partition coefficient (Wildman–Crippen LogP) is 1.67. The molecule has 0 unspecified atom stereocenters. The largest absolute Gasteiger partial charge is 0.463 e. The fourth-order valence-electron chi connectivity index (χ4n) is 1.71. The quantitative estimate of drug-likeness (QED) is 0.928. The average Bonchev–Trinajstić information content (AvgIpc) is 2.93. The Labute approximate surface area is 122 Å². The second kappa shape index (κ2) is 5.95. The van der Waals surface area contributed by atoms with E-state index in [1.807, 2.05) is 20.8 Å². The summed E-state index contributed by atoms with van der Waals surface area (Å²) in [7, 11) is 0. The molecule has 0 aliphatic heterocycles. The number of rotatable bonds is 4. The Kier molecular flexibility index (Phi) is 4.26. The molecule has 0 saturated carbocycles. The number of amides is 1. The minimum atomic E-state index is -0.450. The molecule has 21 heavy (non-hydrogen) atoms. The molecule has 112 valence electrons. The van der Waals surface area contributed by atoms with Gasteiger partial charge in [0.05, 0.1) is 12.8 Å². The normalized spacial score (nSPS) is 11.4. The minimum Gasteiger partial charge on any atom is -0.463 e. The molecular weight excluding hydrogens is 270 g/mol. The van der Waals surface area contributed by atoms with Gasteiger partial charge in [0.2, 0.25) is 5.91 Å². The first-order valence-electron chi connectivity index (χ1n) is 6.78. The molecule has 1 amide bonds. The summed E-state index contributed by atoms with van der Waals surface area (Å²) in [5.74, 6) is 0.542. The lowest BCUT2D eigenvalue weighted by molar-refractivity contribution is -0.128. The van der Waals surface area contributed by atoms with Gasteiger partial charge in [-0.15, -0.1) is 0 Å². The third-order valence-corrected chi connectivity index (χ3v) is 2.93. The third-order valence-electron chi connectivity index (χ3n) is 2.93. The molecule has 2 aromatic rings. The summed E-state index contributed by atoms with van der Waals surface area (Å²) in [6.07, 6.45) is 1.55. The van der Waals surface area contributed by atoms with Gasteiger partial charge >= 0.3 is 0 Å².